The normalized spacial score (nSPS) is 21.2. The van der Waals surface area contributed by atoms with Crippen LogP contribution in [0.1, 0.15) is 20.3 Å². The van der Waals surface area contributed by atoms with Crippen molar-refractivity contribution in [3.63, 3.8) is 0 Å². The Kier molecular flexibility index (Phi) is 11.4. The second-order valence-electron chi connectivity index (χ2n) is 3.57. The van der Waals surface area contributed by atoms with E-state index in [9.17, 15) is 19.2 Å². The molecule has 0 aromatic rings. The van der Waals surface area contributed by atoms with E-state index in [2.05, 4.69) is 9.47 Å². The second-order valence-corrected chi connectivity index (χ2v) is 3.57. The topological polar surface area (TPSA) is 86.7 Å². The molecule has 1 aliphatic carbocycles. The van der Waals surface area contributed by atoms with Gasteiger partial charge in [-0.2, -0.15) is 0 Å². The fraction of sp³-hybridized carbons (Fsp3) is 0.636. The smallest absolute Gasteiger partial charge is 0.317 e. The maximum atomic E-state index is 11.5. The number of hydrogen-bond donors (Lipinski definition) is 0. The summed E-state index contributed by atoms with van der Waals surface area (Å²) in [4.78, 5) is 45.7. The van der Waals surface area contributed by atoms with Gasteiger partial charge in [0.25, 0.3) is 0 Å². The van der Waals surface area contributed by atoms with Gasteiger partial charge in [-0.25, -0.2) is 0 Å². The Morgan fingerprint density at radius 2 is 1.26 bits per heavy atom. The van der Waals surface area contributed by atoms with Crippen LogP contribution in [0.15, 0.2) is 0 Å². The van der Waals surface area contributed by atoms with E-state index in [1.165, 1.54) is 0 Å². The van der Waals surface area contributed by atoms with Crippen LogP contribution in [0.4, 0.5) is 0 Å². The Labute approximate surface area is 155 Å². The van der Waals surface area contributed by atoms with Gasteiger partial charge in [0.1, 0.15) is 11.8 Å². The predicted octanol–water partition coefficient (Wildman–Crippen LogP) is -0.875. The summed E-state index contributed by atoms with van der Waals surface area (Å²) in [6, 6.07) is 0. The summed E-state index contributed by atoms with van der Waals surface area (Å²) in [6.07, 6.45) is -0.144. The SMILES string of the molecule is CCOC(=O)C1CC(C(=O)OCC)C(=O)C1=O.[Na].[Na]. The molecular formula is C11H14Na2O6. The summed E-state index contributed by atoms with van der Waals surface area (Å²) < 4.78 is 9.34. The van der Waals surface area contributed by atoms with Crippen LogP contribution < -0.4 is 0 Å². The number of carbonyl (C=O) groups excluding carboxylic acids is 4. The Morgan fingerprint density at radius 3 is 1.53 bits per heavy atom. The van der Waals surface area contributed by atoms with E-state index in [1.54, 1.807) is 13.8 Å². The fourth-order valence-corrected chi connectivity index (χ4v) is 1.69. The molecule has 0 aromatic heterocycles. The van der Waals surface area contributed by atoms with Gasteiger partial charge in [-0.15, -0.1) is 0 Å². The Morgan fingerprint density at radius 1 is 0.947 bits per heavy atom. The van der Waals surface area contributed by atoms with E-state index in [1.807, 2.05) is 0 Å². The van der Waals surface area contributed by atoms with E-state index in [4.69, 9.17) is 0 Å². The zero-order valence-electron chi connectivity index (χ0n) is 11.7. The molecule has 1 rings (SSSR count). The minimum atomic E-state index is -1.16. The molecule has 19 heavy (non-hydrogen) atoms. The van der Waals surface area contributed by atoms with Crippen molar-refractivity contribution in [2.24, 2.45) is 11.8 Å². The molecule has 0 aliphatic heterocycles. The minimum absolute atomic E-state index is 0. The van der Waals surface area contributed by atoms with Gasteiger partial charge >= 0.3 is 11.9 Å². The van der Waals surface area contributed by atoms with Crippen molar-refractivity contribution < 1.29 is 28.7 Å². The number of ketones is 2. The van der Waals surface area contributed by atoms with Gasteiger partial charge in [-0.3, -0.25) is 19.2 Å². The van der Waals surface area contributed by atoms with E-state index in [0.29, 0.717) is 0 Å². The number of esters is 2. The third kappa shape index (κ3) is 5.28. The Hall–Kier alpha value is 0.280. The van der Waals surface area contributed by atoms with Gasteiger partial charge in [-0.05, 0) is 20.3 Å². The van der Waals surface area contributed by atoms with Crippen molar-refractivity contribution >= 4 is 82.6 Å². The fourth-order valence-electron chi connectivity index (χ4n) is 1.69. The van der Waals surface area contributed by atoms with Crippen LogP contribution >= 0.6 is 0 Å². The molecule has 1 saturated carbocycles. The zero-order chi connectivity index (χ0) is 13.0. The van der Waals surface area contributed by atoms with Crippen LogP contribution in [0.2, 0.25) is 0 Å². The summed E-state index contributed by atoms with van der Waals surface area (Å²) in [5, 5.41) is 0. The molecule has 6 nitrogen and oxygen atoms in total. The van der Waals surface area contributed by atoms with Gasteiger partial charge < -0.3 is 9.47 Å². The summed E-state index contributed by atoms with van der Waals surface area (Å²) in [7, 11) is 0. The summed E-state index contributed by atoms with van der Waals surface area (Å²) >= 11 is 0. The molecule has 96 valence electrons. The van der Waals surface area contributed by atoms with Crippen LogP contribution in [0.5, 0.6) is 0 Å². The third-order valence-electron chi connectivity index (χ3n) is 2.49. The Bertz CT molecular complexity index is 334. The van der Waals surface area contributed by atoms with Gasteiger partial charge in [-0.1, -0.05) is 0 Å². The van der Waals surface area contributed by atoms with E-state index in [-0.39, 0.29) is 78.7 Å². The van der Waals surface area contributed by atoms with Crippen molar-refractivity contribution in [1.29, 1.82) is 0 Å². The first-order valence-corrected chi connectivity index (χ1v) is 5.44. The van der Waals surface area contributed by atoms with Crippen molar-refractivity contribution in [2.75, 3.05) is 13.2 Å². The number of carbonyl (C=O) groups is 4. The average molecular weight is 288 g/mol. The molecule has 0 saturated heterocycles. The molecule has 0 aromatic carbocycles. The molecule has 0 amide bonds. The minimum Gasteiger partial charge on any atom is -0.465 e. The first-order chi connectivity index (χ1) is 8.02. The molecule has 0 heterocycles. The number of rotatable bonds is 4. The maximum Gasteiger partial charge on any atom is 0.317 e. The number of hydrogen-bond acceptors (Lipinski definition) is 6. The van der Waals surface area contributed by atoms with Crippen molar-refractivity contribution in [3.05, 3.63) is 0 Å². The van der Waals surface area contributed by atoms with Crippen LogP contribution in [0.25, 0.3) is 0 Å². The summed E-state index contributed by atoms with van der Waals surface area (Å²) in [6.45, 7) is 3.45. The van der Waals surface area contributed by atoms with Gasteiger partial charge in [0.15, 0.2) is 0 Å². The van der Waals surface area contributed by atoms with Gasteiger partial charge in [0.05, 0.1) is 13.2 Å². The van der Waals surface area contributed by atoms with Crippen LogP contribution in [-0.4, -0.2) is 95.8 Å². The summed E-state index contributed by atoms with van der Waals surface area (Å²) in [5.74, 6) is -5.54. The van der Waals surface area contributed by atoms with Gasteiger partial charge in [0.2, 0.25) is 11.6 Å². The Balaban J connectivity index is 0. The molecule has 0 N–H and O–H groups in total. The van der Waals surface area contributed by atoms with E-state index >= 15 is 0 Å². The van der Waals surface area contributed by atoms with Crippen molar-refractivity contribution in [1.82, 2.24) is 0 Å². The van der Waals surface area contributed by atoms with Crippen LogP contribution in [0.3, 0.4) is 0 Å². The van der Waals surface area contributed by atoms with Crippen molar-refractivity contribution in [2.45, 2.75) is 20.3 Å². The zero-order valence-corrected chi connectivity index (χ0v) is 15.7. The van der Waals surface area contributed by atoms with Crippen molar-refractivity contribution in [3.8, 4) is 0 Å². The number of Topliss-reactive ketones (excluding diaryl/α,β-unsaturated/α-hetero) is 2. The molecule has 2 unspecified atom stereocenters. The molecular weight excluding hydrogens is 274 g/mol. The molecule has 1 aliphatic rings. The average Bonchev–Trinajstić information content (AvgIpc) is 2.57. The van der Waals surface area contributed by atoms with Crippen LogP contribution in [0, 0.1) is 11.8 Å². The molecule has 1 fully saturated rings. The quantitative estimate of drug-likeness (QED) is 0.289. The maximum absolute atomic E-state index is 11.5. The molecule has 8 heteroatoms. The molecule has 0 spiro atoms. The van der Waals surface area contributed by atoms with Gasteiger partial charge in [0, 0.05) is 59.1 Å². The standard InChI is InChI=1S/C11H14O6.2Na/c1-3-16-10(14)6-5-7(9(13)8(6)12)11(15)17-4-2;;/h6-7H,3-5H2,1-2H3;;. The largest absolute Gasteiger partial charge is 0.465 e. The van der Waals surface area contributed by atoms with Crippen LogP contribution in [-0.2, 0) is 28.7 Å². The third-order valence-corrected chi connectivity index (χ3v) is 2.49. The molecule has 2 atom stereocenters. The molecule has 0 bridgehead atoms. The van der Waals surface area contributed by atoms with E-state index in [0.717, 1.165) is 0 Å². The monoisotopic (exact) mass is 288 g/mol. The molecule has 2 radical (unpaired) electrons. The first-order valence-electron chi connectivity index (χ1n) is 5.44. The second kappa shape index (κ2) is 10.1. The van der Waals surface area contributed by atoms with E-state index < -0.39 is 35.3 Å². The predicted molar refractivity (Wildman–Crippen MR) is 66.4 cm³/mol. The summed E-state index contributed by atoms with van der Waals surface area (Å²) in [5.41, 5.74) is 0. The first kappa shape index (κ1) is 21.6. The number of ether oxygens (including phenoxy) is 2.